The molecule has 0 amide bonds. The first-order valence-electron chi connectivity index (χ1n) is 6.60. The summed E-state index contributed by atoms with van der Waals surface area (Å²) >= 11 is 0. The minimum Gasteiger partial charge on any atom is -0.496 e. The third-order valence-electron chi connectivity index (χ3n) is 3.14. The molecule has 0 unspecified atom stereocenters. The van der Waals surface area contributed by atoms with Crippen LogP contribution in [0.1, 0.15) is 15.9 Å². The van der Waals surface area contributed by atoms with Crippen LogP contribution in [0.15, 0.2) is 30.6 Å². The van der Waals surface area contributed by atoms with E-state index in [0.29, 0.717) is 22.8 Å². The predicted octanol–water partition coefficient (Wildman–Crippen LogP) is 2.34. The van der Waals surface area contributed by atoms with Crippen molar-refractivity contribution in [2.45, 2.75) is 0 Å². The Bertz CT molecular complexity index is 704. The molecule has 0 aliphatic heterocycles. The highest BCUT2D eigenvalue weighted by atomic mass is 16.5. The fraction of sp³-hybridized carbons (Fsp3) is 0.250. The predicted molar refractivity (Wildman–Crippen MR) is 82.7 cm³/mol. The second-order valence-corrected chi connectivity index (χ2v) is 4.55. The molecule has 0 atom stereocenters. The smallest absolute Gasteiger partial charge is 0.189 e. The summed E-state index contributed by atoms with van der Waals surface area (Å²) in [6.07, 6.45) is 6.34. The summed E-state index contributed by atoms with van der Waals surface area (Å²) in [7, 11) is 6.43. The number of rotatable bonds is 6. The second-order valence-electron chi connectivity index (χ2n) is 4.55. The monoisotopic (exact) mass is 302 g/mol. The Morgan fingerprint density at radius 2 is 1.73 bits per heavy atom. The molecule has 0 radical (unpaired) electrons. The van der Waals surface area contributed by atoms with Crippen LogP contribution in [0.3, 0.4) is 0 Å². The van der Waals surface area contributed by atoms with Gasteiger partial charge in [0.25, 0.3) is 0 Å². The maximum absolute atomic E-state index is 12.1. The molecule has 116 valence electrons. The lowest BCUT2D eigenvalue weighted by Crippen LogP contribution is -1.95. The molecule has 2 rings (SSSR count). The van der Waals surface area contributed by atoms with Crippen molar-refractivity contribution in [3.05, 3.63) is 41.7 Å². The summed E-state index contributed by atoms with van der Waals surface area (Å²) in [6, 6.07) is 3.47. The fourth-order valence-electron chi connectivity index (χ4n) is 1.99. The molecule has 0 bridgehead atoms. The Balaban J connectivity index is 2.31. The molecule has 0 saturated heterocycles. The number of benzene rings is 1. The fourth-order valence-corrected chi connectivity index (χ4v) is 1.99. The van der Waals surface area contributed by atoms with Gasteiger partial charge in [-0.1, -0.05) is 0 Å². The minimum atomic E-state index is -0.134. The highest BCUT2D eigenvalue weighted by Crippen LogP contribution is 2.35. The van der Waals surface area contributed by atoms with Gasteiger partial charge in [-0.3, -0.25) is 9.48 Å². The summed E-state index contributed by atoms with van der Waals surface area (Å²) in [6.45, 7) is 0. The number of allylic oxidation sites excluding steroid dienone is 1. The van der Waals surface area contributed by atoms with Crippen LogP contribution >= 0.6 is 0 Å². The van der Waals surface area contributed by atoms with E-state index in [-0.39, 0.29) is 5.78 Å². The standard InChI is InChI=1S/C16H18N2O4/c1-18-10-12(9-17-18)13(19)6-5-11-7-15(21-3)16(22-4)8-14(11)20-2/h5-10H,1-4H3. The van der Waals surface area contributed by atoms with Crippen LogP contribution in [0.4, 0.5) is 0 Å². The number of ketones is 1. The molecule has 1 heterocycles. The van der Waals surface area contributed by atoms with Gasteiger partial charge in [0, 0.05) is 24.9 Å². The van der Waals surface area contributed by atoms with Gasteiger partial charge in [-0.2, -0.15) is 5.10 Å². The summed E-state index contributed by atoms with van der Waals surface area (Å²) in [4.78, 5) is 12.1. The van der Waals surface area contributed by atoms with Crippen molar-refractivity contribution in [3.63, 3.8) is 0 Å². The Hall–Kier alpha value is -2.76. The average Bonchev–Trinajstić information content (AvgIpc) is 2.98. The first-order valence-corrected chi connectivity index (χ1v) is 6.60. The average molecular weight is 302 g/mol. The molecule has 2 aromatic rings. The van der Waals surface area contributed by atoms with Crippen LogP contribution in [0.2, 0.25) is 0 Å². The SMILES string of the molecule is COc1cc(OC)c(OC)cc1C=CC(=O)c1cnn(C)c1. The van der Waals surface area contributed by atoms with E-state index in [1.165, 1.54) is 12.3 Å². The second kappa shape index (κ2) is 6.80. The number of aryl methyl sites for hydroxylation is 1. The number of hydrogen-bond donors (Lipinski definition) is 0. The van der Waals surface area contributed by atoms with Crippen LogP contribution in [-0.4, -0.2) is 36.9 Å². The molecule has 22 heavy (non-hydrogen) atoms. The molecule has 0 aliphatic rings. The van der Waals surface area contributed by atoms with Crippen molar-refractivity contribution in [2.24, 2.45) is 7.05 Å². The number of carbonyl (C=O) groups is 1. The first-order chi connectivity index (χ1) is 10.6. The molecule has 0 aliphatic carbocycles. The van der Waals surface area contributed by atoms with E-state index >= 15 is 0 Å². The van der Waals surface area contributed by atoms with E-state index in [1.807, 2.05) is 0 Å². The van der Waals surface area contributed by atoms with Gasteiger partial charge in [0.1, 0.15) is 5.75 Å². The number of carbonyl (C=O) groups excluding carboxylic acids is 1. The third kappa shape index (κ3) is 3.28. The van der Waals surface area contributed by atoms with Crippen LogP contribution in [0.25, 0.3) is 6.08 Å². The van der Waals surface area contributed by atoms with E-state index in [0.717, 1.165) is 5.56 Å². The van der Waals surface area contributed by atoms with Crippen molar-refractivity contribution < 1.29 is 19.0 Å². The molecule has 6 nitrogen and oxygen atoms in total. The van der Waals surface area contributed by atoms with E-state index in [2.05, 4.69) is 5.10 Å². The highest BCUT2D eigenvalue weighted by molar-refractivity contribution is 6.06. The number of nitrogens with zero attached hydrogens (tertiary/aromatic N) is 2. The number of aromatic nitrogens is 2. The minimum absolute atomic E-state index is 0.134. The largest absolute Gasteiger partial charge is 0.496 e. The number of ether oxygens (including phenoxy) is 3. The van der Waals surface area contributed by atoms with E-state index in [1.54, 1.807) is 57.5 Å². The van der Waals surface area contributed by atoms with Crippen molar-refractivity contribution >= 4 is 11.9 Å². The van der Waals surface area contributed by atoms with Crippen LogP contribution in [0, 0.1) is 0 Å². The lowest BCUT2D eigenvalue weighted by Gasteiger charge is -2.12. The van der Waals surface area contributed by atoms with Crippen molar-refractivity contribution in [1.29, 1.82) is 0 Å². The van der Waals surface area contributed by atoms with Crippen molar-refractivity contribution in [2.75, 3.05) is 21.3 Å². The van der Waals surface area contributed by atoms with E-state index < -0.39 is 0 Å². The van der Waals surface area contributed by atoms with Crippen LogP contribution in [0.5, 0.6) is 17.2 Å². The zero-order valence-electron chi connectivity index (χ0n) is 13.0. The quantitative estimate of drug-likeness (QED) is 0.605. The van der Waals surface area contributed by atoms with Crippen molar-refractivity contribution in [3.8, 4) is 17.2 Å². The van der Waals surface area contributed by atoms with Crippen LogP contribution < -0.4 is 14.2 Å². The van der Waals surface area contributed by atoms with Gasteiger partial charge >= 0.3 is 0 Å². The first kappa shape index (κ1) is 15.6. The summed E-state index contributed by atoms with van der Waals surface area (Å²) in [5.74, 6) is 1.59. The molecular formula is C16H18N2O4. The Labute approximate surface area is 128 Å². The molecule has 0 N–H and O–H groups in total. The van der Waals surface area contributed by atoms with Gasteiger partial charge in [-0.15, -0.1) is 0 Å². The van der Waals surface area contributed by atoms with Gasteiger partial charge in [0.2, 0.25) is 0 Å². The Kier molecular flexibility index (Phi) is 4.83. The molecule has 6 heteroatoms. The topological polar surface area (TPSA) is 62.6 Å². The zero-order chi connectivity index (χ0) is 16.1. The summed E-state index contributed by atoms with van der Waals surface area (Å²) in [5.41, 5.74) is 1.25. The Morgan fingerprint density at radius 3 is 2.27 bits per heavy atom. The highest BCUT2D eigenvalue weighted by Gasteiger charge is 2.11. The molecule has 1 aromatic carbocycles. The van der Waals surface area contributed by atoms with Gasteiger partial charge in [-0.05, 0) is 18.2 Å². The molecular weight excluding hydrogens is 284 g/mol. The van der Waals surface area contributed by atoms with Gasteiger partial charge in [0.05, 0.1) is 33.1 Å². The maximum atomic E-state index is 12.1. The van der Waals surface area contributed by atoms with Crippen molar-refractivity contribution in [1.82, 2.24) is 9.78 Å². The lowest BCUT2D eigenvalue weighted by molar-refractivity contribution is 0.104. The molecule has 0 spiro atoms. The Morgan fingerprint density at radius 1 is 1.09 bits per heavy atom. The maximum Gasteiger partial charge on any atom is 0.189 e. The summed E-state index contributed by atoms with van der Waals surface area (Å²) < 4.78 is 17.4. The third-order valence-corrected chi connectivity index (χ3v) is 3.14. The van der Waals surface area contributed by atoms with E-state index in [9.17, 15) is 4.79 Å². The van der Waals surface area contributed by atoms with Crippen LogP contribution in [-0.2, 0) is 7.05 Å². The molecule has 0 saturated carbocycles. The van der Waals surface area contributed by atoms with E-state index in [4.69, 9.17) is 14.2 Å². The lowest BCUT2D eigenvalue weighted by atomic mass is 10.1. The number of methoxy groups -OCH3 is 3. The van der Waals surface area contributed by atoms with Gasteiger partial charge in [-0.25, -0.2) is 0 Å². The molecule has 1 aromatic heterocycles. The summed E-state index contributed by atoms with van der Waals surface area (Å²) in [5, 5.41) is 3.98. The number of hydrogen-bond acceptors (Lipinski definition) is 5. The zero-order valence-corrected chi connectivity index (χ0v) is 13.0. The van der Waals surface area contributed by atoms with Gasteiger partial charge < -0.3 is 14.2 Å². The van der Waals surface area contributed by atoms with Gasteiger partial charge in [0.15, 0.2) is 17.3 Å². The molecule has 0 fully saturated rings. The normalized spacial score (nSPS) is 10.7.